The Hall–Kier alpha value is -3.13. The molecule has 1 unspecified atom stereocenters. The van der Waals surface area contributed by atoms with Gasteiger partial charge in [0.1, 0.15) is 18.2 Å². The first-order valence-corrected chi connectivity index (χ1v) is 12.1. The van der Waals surface area contributed by atoms with E-state index in [1.165, 1.54) is 28.8 Å². The van der Waals surface area contributed by atoms with Crippen LogP contribution in [0.15, 0.2) is 42.5 Å². The Balaban J connectivity index is 2.10. The minimum absolute atomic E-state index is 0.0976. The molecule has 1 aromatic heterocycles. The number of rotatable bonds is 4. The van der Waals surface area contributed by atoms with Crippen LogP contribution in [-0.2, 0) is 15.0 Å². The smallest absolute Gasteiger partial charge is 0.323 e. The van der Waals surface area contributed by atoms with E-state index in [2.05, 4.69) is 0 Å². The number of carboxylic acids is 1. The predicted molar refractivity (Wildman–Crippen MR) is 132 cm³/mol. The molecule has 4 rings (SSSR count). The van der Waals surface area contributed by atoms with E-state index in [4.69, 9.17) is 5.10 Å². The summed E-state index contributed by atoms with van der Waals surface area (Å²) in [5.74, 6) is -1.18. The molecule has 0 radical (unpaired) electrons. The third kappa shape index (κ3) is 4.34. The van der Waals surface area contributed by atoms with E-state index in [9.17, 15) is 19.1 Å². The third-order valence-electron chi connectivity index (χ3n) is 6.07. The number of carboxylic acid groups (broad SMARTS) is 1. The molecule has 6 nitrogen and oxygen atoms in total. The van der Waals surface area contributed by atoms with E-state index in [1.54, 1.807) is 16.8 Å². The molecule has 178 valence electrons. The molecule has 2 heterocycles. The van der Waals surface area contributed by atoms with E-state index < -0.39 is 17.9 Å². The van der Waals surface area contributed by atoms with Gasteiger partial charge in [-0.05, 0) is 48.7 Å². The minimum Gasteiger partial charge on any atom is -0.480 e. The first-order chi connectivity index (χ1) is 16.0. The highest BCUT2D eigenvalue weighted by Crippen LogP contribution is 2.48. The van der Waals surface area contributed by atoms with Crippen LogP contribution in [0, 0.1) is 19.7 Å². The van der Waals surface area contributed by atoms with E-state index in [0.717, 1.165) is 33.6 Å². The van der Waals surface area contributed by atoms with Crippen molar-refractivity contribution in [1.82, 2.24) is 9.78 Å². The second-order valence-corrected chi connectivity index (χ2v) is 10.7. The standard InChI is InChI=1S/C26H28FN3O3S/c1-15-7-6-8-19(16(15)2)30-25-22(24(28-30)26(3,4)5)23(17-9-11-18(27)12-10-17)34-14-20(31)29(25)13-21(32)33/h6-12,23H,13-14H2,1-5H3,(H,32,33). The van der Waals surface area contributed by atoms with E-state index >= 15 is 0 Å². The maximum Gasteiger partial charge on any atom is 0.323 e. The number of nitrogens with zero attached hydrogens (tertiary/aromatic N) is 3. The van der Waals surface area contributed by atoms with Crippen LogP contribution >= 0.6 is 11.8 Å². The molecule has 1 N–H and O–H groups in total. The number of carbonyl (C=O) groups is 2. The summed E-state index contributed by atoms with van der Waals surface area (Å²) in [7, 11) is 0. The van der Waals surface area contributed by atoms with Gasteiger partial charge in [-0.1, -0.05) is 45.0 Å². The topological polar surface area (TPSA) is 75.4 Å². The van der Waals surface area contributed by atoms with Crippen LogP contribution in [0.3, 0.4) is 0 Å². The molecular weight excluding hydrogens is 453 g/mol. The molecule has 0 aliphatic carbocycles. The number of fused-ring (bicyclic) bond motifs is 1. The molecule has 1 aliphatic heterocycles. The molecule has 0 bridgehead atoms. The Kier molecular flexibility index (Phi) is 6.29. The molecule has 0 spiro atoms. The number of aromatic nitrogens is 2. The van der Waals surface area contributed by atoms with E-state index in [1.807, 2.05) is 52.8 Å². The zero-order chi connectivity index (χ0) is 24.8. The summed E-state index contributed by atoms with van der Waals surface area (Å²) in [4.78, 5) is 26.4. The maximum absolute atomic E-state index is 13.7. The fourth-order valence-electron chi connectivity index (χ4n) is 4.24. The molecule has 1 amide bonds. The van der Waals surface area contributed by atoms with Crippen molar-refractivity contribution in [3.8, 4) is 5.69 Å². The van der Waals surface area contributed by atoms with Crippen molar-refractivity contribution < 1.29 is 19.1 Å². The minimum atomic E-state index is -1.10. The third-order valence-corrected chi connectivity index (χ3v) is 7.32. The van der Waals surface area contributed by atoms with Crippen molar-refractivity contribution in [2.45, 2.75) is 45.3 Å². The Labute approximate surface area is 202 Å². The van der Waals surface area contributed by atoms with Gasteiger partial charge in [0, 0.05) is 11.0 Å². The number of carbonyl (C=O) groups excluding carboxylic acids is 1. The van der Waals surface area contributed by atoms with Gasteiger partial charge in [-0.2, -0.15) is 5.10 Å². The number of halogens is 1. The lowest BCUT2D eigenvalue weighted by molar-refractivity contribution is -0.136. The lowest BCUT2D eigenvalue weighted by Crippen LogP contribution is -2.38. The zero-order valence-electron chi connectivity index (χ0n) is 19.9. The lowest BCUT2D eigenvalue weighted by atomic mass is 9.87. The summed E-state index contributed by atoms with van der Waals surface area (Å²) in [6.07, 6.45) is 0. The lowest BCUT2D eigenvalue weighted by Gasteiger charge is -2.24. The molecule has 0 fully saturated rings. The van der Waals surface area contributed by atoms with Crippen molar-refractivity contribution >= 4 is 29.5 Å². The summed E-state index contributed by atoms with van der Waals surface area (Å²) in [6, 6.07) is 12.1. The van der Waals surface area contributed by atoms with Gasteiger partial charge in [0.25, 0.3) is 0 Å². The molecule has 8 heteroatoms. The summed E-state index contributed by atoms with van der Waals surface area (Å²) < 4.78 is 15.4. The van der Waals surface area contributed by atoms with Crippen LogP contribution in [0.4, 0.5) is 10.2 Å². The number of aryl methyl sites for hydroxylation is 1. The number of aliphatic carboxylic acids is 1. The number of thioether (sulfide) groups is 1. The Morgan fingerprint density at radius 1 is 1.18 bits per heavy atom. The van der Waals surface area contributed by atoms with E-state index in [0.29, 0.717) is 5.82 Å². The second kappa shape index (κ2) is 8.91. The normalized spacial score (nSPS) is 16.4. The quantitative estimate of drug-likeness (QED) is 0.556. The monoisotopic (exact) mass is 481 g/mol. The predicted octanol–water partition coefficient (Wildman–Crippen LogP) is 5.18. The van der Waals surface area contributed by atoms with Gasteiger partial charge in [-0.15, -0.1) is 11.8 Å². The fourth-order valence-corrected chi connectivity index (χ4v) is 5.44. The average Bonchev–Trinajstić information content (AvgIpc) is 3.09. The Bertz CT molecular complexity index is 1260. The second-order valence-electron chi connectivity index (χ2n) is 9.58. The highest BCUT2D eigenvalue weighted by molar-refractivity contribution is 8.00. The molecule has 34 heavy (non-hydrogen) atoms. The summed E-state index contributed by atoms with van der Waals surface area (Å²) in [5.41, 5.74) is 4.85. The SMILES string of the molecule is Cc1cccc(-n2nc(C(C)(C)C)c3c2N(CC(=O)O)C(=O)CSC3c2ccc(F)cc2)c1C. The molecule has 1 atom stereocenters. The van der Waals surface area contributed by atoms with Gasteiger partial charge in [0.15, 0.2) is 0 Å². The molecule has 0 saturated carbocycles. The van der Waals surface area contributed by atoms with Crippen molar-refractivity contribution in [1.29, 1.82) is 0 Å². The largest absolute Gasteiger partial charge is 0.480 e. The highest BCUT2D eigenvalue weighted by Gasteiger charge is 2.40. The van der Waals surface area contributed by atoms with Crippen LogP contribution < -0.4 is 4.90 Å². The summed E-state index contributed by atoms with van der Waals surface area (Å²) in [6.45, 7) is 9.66. The van der Waals surface area contributed by atoms with Crippen molar-refractivity contribution in [3.63, 3.8) is 0 Å². The average molecular weight is 482 g/mol. The highest BCUT2D eigenvalue weighted by atomic mass is 32.2. The van der Waals surface area contributed by atoms with Crippen molar-refractivity contribution in [3.05, 3.63) is 76.2 Å². The van der Waals surface area contributed by atoms with Gasteiger partial charge in [0.2, 0.25) is 5.91 Å². The number of hydrogen-bond acceptors (Lipinski definition) is 4. The van der Waals surface area contributed by atoms with Crippen LogP contribution in [0.5, 0.6) is 0 Å². The van der Waals surface area contributed by atoms with Crippen molar-refractivity contribution in [2.75, 3.05) is 17.2 Å². The van der Waals surface area contributed by atoms with Crippen LogP contribution in [0.2, 0.25) is 0 Å². The Morgan fingerprint density at radius 2 is 1.85 bits per heavy atom. The van der Waals surface area contributed by atoms with Gasteiger partial charge in [-0.3, -0.25) is 14.5 Å². The summed E-state index contributed by atoms with van der Waals surface area (Å²) >= 11 is 1.41. The van der Waals surface area contributed by atoms with Gasteiger partial charge < -0.3 is 5.11 Å². The first kappa shape index (κ1) is 24.0. The molecule has 1 aliphatic rings. The van der Waals surface area contributed by atoms with Gasteiger partial charge in [0.05, 0.1) is 22.4 Å². The number of amides is 1. The maximum atomic E-state index is 13.7. The molecule has 0 saturated heterocycles. The van der Waals surface area contributed by atoms with Crippen LogP contribution in [0.1, 0.15) is 54.0 Å². The van der Waals surface area contributed by atoms with Gasteiger partial charge >= 0.3 is 5.97 Å². The van der Waals surface area contributed by atoms with E-state index in [-0.39, 0.29) is 22.7 Å². The number of benzene rings is 2. The molecular formula is C26H28FN3O3S. The van der Waals surface area contributed by atoms with Crippen molar-refractivity contribution in [2.24, 2.45) is 0 Å². The Morgan fingerprint density at radius 3 is 2.47 bits per heavy atom. The van der Waals surface area contributed by atoms with Crippen LogP contribution in [0.25, 0.3) is 5.69 Å². The summed E-state index contributed by atoms with van der Waals surface area (Å²) in [5, 5.41) is 14.4. The number of hydrogen-bond donors (Lipinski definition) is 1. The fraction of sp³-hybridized carbons (Fsp3) is 0.346. The molecule has 2 aromatic carbocycles. The zero-order valence-corrected chi connectivity index (χ0v) is 20.7. The first-order valence-electron chi connectivity index (χ1n) is 11.1. The van der Waals surface area contributed by atoms with Gasteiger partial charge in [-0.25, -0.2) is 9.07 Å². The number of anilines is 1. The van der Waals surface area contributed by atoms with Crippen LogP contribution in [-0.4, -0.2) is 39.1 Å². The molecule has 3 aromatic rings.